The van der Waals surface area contributed by atoms with Gasteiger partial charge in [-0.2, -0.15) is 0 Å². The smallest absolute Gasteiger partial charge is 0.122 e. The van der Waals surface area contributed by atoms with Crippen molar-refractivity contribution in [1.29, 1.82) is 0 Å². The normalized spacial score (nSPS) is 20.8. The number of hydrogen-bond acceptors (Lipinski definition) is 5. The average Bonchev–Trinajstić information content (AvgIpc) is 3.30. The number of benzene rings is 2. The monoisotopic (exact) mass is 588 g/mol. The second-order valence-corrected chi connectivity index (χ2v) is 12.2. The molecular weight excluding hydrogens is 532 g/mol. The van der Waals surface area contributed by atoms with Crippen LogP contribution in [0.5, 0.6) is 5.75 Å². The molecule has 0 bridgehead atoms. The Kier molecular flexibility index (Phi) is 15.7. The van der Waals surface area contributed by atoms with Gasteiger partial charge in [0.1, 0.15) is 5.75 Å². The van der Waals surface area contributed by atoms with E-state index in [1.54, 1.807) is 14.2 Å². The number of nitrogens with zero attached hydrogens (tertiary/aromatic N) is 2. The highest BCUT2D eigenvalue weighted by Crippen LogP contribution is 2.36. The molecule has 2 aromatic carbocycles. The van der Waals surface area contributed by atoms with Gasteiger partial charge in [0, 0.05) is 44.4 Å². The molecule has 0 saturated carbocycles. The number of piperidine rings is 1. The zero-order valence-electron chi connectivity index (χ0n) is 27.1. The number of halogens is 1. The van der Waals surface area contributed by atoms with Crippen LogP contribution in [0.15, 0.2) is 36.4 Å². The van der Waals surface area contributed by atoms with Crippen LogP contribution in [0.2, 0.25) is 5.02 Å². The third kappa shape index (κ3) is 10.9. The highest BCUT2D eigenvalue weighted by Gasteiger charge is 2.36. The van der Waals surface area contributed by atoms with Gasteiger partial charge < -0.3 is 19.5 Å². The number of ether oxygens (including phenoxy) is 2. The van der Waals surface area contributed by atoms with E-state index in [1.165, 1.54) is 49.0 Å². The minimum absolute atomic E-state index is 0.344. The fourth-order valence-corrected chi connectivity index (χ4v) is 6.17. The molecule has 2 saturated heterocycles. The van der Waals surface area contributed by atoms with Gasteiger partial charge in [0.25, 0.3) is 0 Å². The predicted molar refractivity (Wildman–Crippen MR) is 174 cm³/mol. The molecule has 0 aliphatic carbocycles. The van der Waals surface area contributed by atoms with Crippen LogP contribution >= 0.6 is 11.6 Å². The fraction of sp³-hybridized carbons (Fsp3) is 0.657. The second kappa shape index (κ2) is 18.1. The Labute approximate surface area is 256 Å². The van der Waals surface area contributed by atoms with Crippen LogP contribution in [-0.4, -0.2) is 67.5 Å². The zero-order chi connectivity index (χ0) is 30.4. The maximum Gasteiger partial charge on any atom is 0.122 e. The van der Waals surface area contributed by atoms with Gasteiger partial charge in [0.05, 0.1) is 12.2 Å². The zero-order valence-corrected chi connectivity index (χ0v) is 27.9. The predicted octanol–water partition coefficient (Wildman–Crippen LogP) is 8.15. The first-order chi connectivity index (χ1) is 19.7. The number of likely N-dealkylation sites (tertiary alicyclic amines) is 2. The summed E-state index contributed by atoms with van der Waals surface area (Å²) < 4.78 is 10.5. The van der Waals surface area contributed by atoms with Crippen molar-refractivity contribution < 1.29 is 14.6 Å². The Hall–Kier alpha value is -1.63. The number of methoxy groups -OCH3 is 1. The lowest BCUT2D eigenvalue weighted by molar-refractivity contribution is 0.0162. The van der Waals surface area contributed by atoms with Crippen LogP contribution in [-0.2, 0) is 16.9 Å². The molecule has 0 amide bonds. The molecule has 4 rings (SSSR count). The van der Waals surface area contributed by atoms with E-state index in [4.69, 9.17) is 16.3 Å². The summed E-state index contributed by atoms with van der Waals surface area (Å²) in [5, 5.41) is 12.0. The van der Waals surface area contributed by atoms with Crippen molar-refractivity contribution in [2.45, 2.75) is 111 Å². The van der Waals surface area contributed by atoms with Crippen molar-refractivity contribution >= 4 is 11.6 Å². The van der Waals surface area contributed by atoms with Crippen molar-refractivity contribution in [2.24, 2.45) is 0 Å². The minimum Gasteiger partial charge on any atom is -0.493 e. The molecule has 5 nitrogen and oxygen atoms in total. The summed E-state index contributed by atoms with van der Waals surface area (Å²) in [4.78, 5) is 5.16. The molecule has 232 valence electrons. The van der Waals surface area contributed by atoms with Gasteiger partial charge in [-0.15, -0.1) is 0 Å². The molecule has 1 N–H and O–H groups in total. The maximum absolute atomic E-state index is 11.3. The molecule has 2 aliphatic rings. The Morgan fingerprint density at radius 1 is 0.951 bits per heavy atom. The van der Waals surface area contributed by atoms with Crippen LogP contribution in [0.3, 0.4) is 0 Å². The topological polar surface area (TPSA) is 45.2 Å². The summed E-state index contributed by atoms with van der Waals surface area (Å²) in [6.45, 7) is 18.0. The lowest BCUT2D eigenvalue weighted by Crippen LogP contribution is -2.39. The van der Waals surface area contributed by atoms with Crippen molar-refractivity contribution in [3.05, 3.63) is 63.7 Å². The molecule has 6 heteroatoms. The summed E-state index contributed by atoms with van der Waals surface area (Å²) in [5.41, 5.74) is 3.99. The molecule has 2 heterocycles. The molecule has 3 unspecified atom stereocenters. The summed E-state index contributed by atoms with van der Waals surface area (Å²) in [6.07, 6.45) is 8.15. The van der Waals surface area contributed by atoms with Gasteiger partial charge in [0.2, 0.25) is 0 Å². The highest BCUT2D eigenvalue weighted by molar-refractivity contribution is 6.30. The summed E-state index contributed by atoms with van der Waals surface area (Å²) in [5.74, 6) is 1.02. The summed E-state index contributed by atoms with van der Waals surface area (Å²) in [7, 11) is 3.25. The standard InChI is InChI=1S/C31H45ClN2O2.C2H6O.C2H6/c1-23-9-15-29(21-31(4,35)27-11-13-28(32)14-12-27)34(23)22-26-10-16-30(25(3)24(26)2)36-20-8-19-33-17-6-5-7-18-33;1-3-2;1-2/h10-14,16,23,29,35H,5-9,15,17-22H2,1-4H3;1-2H3;1-2H3. The first-order valence-electron chi connectivity index (χ1n) is 15.7. The fourth-order valence-electron chi connectivity index (χ4n) is 6.04. The molecule has 41 heavy (non-hydrogen) atoms. The molecule has 0 spiro atoms. The lowest BCUT2D eigenvalue weighted by atomic mass is 9.88. The van der Waals surface area contributed by atoms with Crippen LogP contribution in [0.1, 0.15) is 94.9 Å². The van der Waals surface area contributed by atoms with Gasteiger partial charge in [-0.3, -0.25) is 4.90 Å². The SMILES string of the molecule is CC.COC.Cc1c(CN2C(C)CCC2CC(C)(O)c2ccc(Cl)cc2)ccc(OCCCN2CCCCC2)c1C. The summed E-state index contributed by atoms with van der Waals surface area (Å²) in [6, 6.07) is 12.9. The molecule has 2 fully saturated rings. The quantitative estimate of drug-likeness (QED) is 0.284. The van der Waals surface area contributed by atoms with Crippen molar-refractivity contribution in [2.75, 3.05) is 40.5 Å². The molecule has 0 radical (unpaired) electrons. The molecule has 0 aromatic heterocycles. The second-order valence-electron chi connectivity index (χ2n) is 11.7. The third-order valence-corrected chi connectivity index (χ3v) is 8.83. The van der Waals surface area contributed by atoms with E-state index < -0.39 is 5.60 Å². The number of aliphatic hydroxyl groups is 1. The van der Waals surface area contributed by atoms with Crippen LogP contribution < -0.4 is 4.74 Å². The van der Waals surface area contributed by atoms with Gasteiger partial charge in [-0.25, -0.2) is 0 Å². The van der Waals surface area contributed by atoms with E-state index in [9.17, 15) is 5.11 Å². The van der Waals surface area contributed by atoms with Crippen molar-refractivity contribution in [1.82, 2.24) is 9.80 Å². The van der Waals surface area contributed by atoms with E-state index in [0.717, 1.165) is 56.7 Å². The number of rotatable bonds is 10. The Morgan fingerprint density at radius 3 is 2.22 bits per heavy atom. The highest BCUT2D eigenvalue weighted by atomic mass is 35.5. The largest absolute Gasteiger partial charge is 0.493 e. The van der Waals surface area contributed by atoms with Crippen LogP contribution in [0.4, 0.5) is 0 Å². The first-order valence-corrected chi connectivity index (χ1v) is 16.1. The van der Waals surface area contributed by atoms with Gasteiger partial charge >= 0.3 is 0 Å². The Bertz CT molecular complexity index is 1010. The summed E-state index contributed by atoms with van der Waals surface area (Å²) >= 11 is 6.07. The van der Waals surface area contributed by atoms with Gasteiger partial charge in [0.15, 0.2) is 0 Å². The van der Waals surface area contributed by atoms with E-state index in [1.807, 2.05) is 45.0 Å². The lowest BCUT2D eigenvalue weighted by Gasteiger charge is -2.34. The minimum atomic E-state index is -0.881. The van der Waals surface area contributed by atoms with Crippen LogP contribution in [0, 0.1) is 13.8 Å². The van der Waals surface area contributed by atoms with E-state index in [-0.39, 0.29) is 0 Å². The van der Waals surface area contributed by atoms with E-state index in [0.29, 0.717) is 17.1 Å². The van der Waals surface area contributed by atoms with E-state index in [2.05, 4.69) is 47.4 Å². The molecular formula is C35H57ClN2O3. The average molecular weight is 589 g/mol. The number of hydrogen-bond donors (Lipinski definition) is 1. The first kappa shape index (κ1) is 35.6. The molecule has 3 atom stereocenters. The van der Waals surface area contributed by atoms with Crippen molar-refractivity contribution in [3.8, 4) is 5.75 Å². The van der Waals surface area contributed by atoms with E-state index >= 15 is 0 Å². The van der Waals surface area contributed by atoms with Crippen molar-refractivity contribution in [3.63, 3.8) is 0 Å². The Balaban J connectivity index is 0.00000110. The Morgan fingerprint density at radius 2 is 1.59 bits per heavy atom. The van der Waals surface area contributed by atoms with Crippen LogP contribution in [0.25, 0.3) is 0 Å². The van der Waals surface area contributed by atoms with Gasteiger partial charge in [-0.05, 0) is 120 Å². The third-order valence-electron chi connectivity index (χ3n) is 8.58. The maximum atomic E-state index is 11.3. The van der Waals surface area contributed by atoms with Gasteiger partial charge in [-0.1, -0.05) is 50.1 Å². The molecule has 2 aromatic rings. The molecule has 2 aliphatic heterocycles.